The zero-order valence-electron chi connectivity index (χ0n) is 16.2. The maximum Gasteiger partial charge on any atom is 0.161 e. The van der Waals surface area contributed by atoms with Crippen LogP contribution in [-0.2, 0) is 10.2 Å². The minimum Gasteiger partial charge on any atom is -0.493 e. The maximum atomic E-state index is 12.7. The Labute approximate surface area is 151 Å². The van der Waals surface area contributed by atoms with Crippen molar-refractivity contribution in [3.8, 4) is 11.5 Å². The fourth-order valence-electron chi connectivity index (χ4n) is 5.00. The van der Waals surface area contributed by atoms with E-state index in [2.05, 4.69) is 37.9 Å². The van der Waals surface area contributed by atoms with E-state index in [-0.39, 0.29) is 11.3 Å². The summed E-state index contributed by atoms with van der Waals surface area (Å²) in [5, 5.41) is 0. The van der Waals surface area contributed by atoms with E-state index in [0.29, 0.717) is 24.2 Å². The number of hydrogen-bond acceptors (Lipinski definition) is 4. The molecule has 25 heavy (non-hydrogen) atoms. The van der Waals surface area contributed by atoms with Crippen LogP contribution in [0.15, 0.2) is 18.2 Å². The summed E-state index contributed by atoms with van der Waals surface area (Å²) in [5.41, 5.74) is 1.34. The summed E-state index contributed by atoms with van der Waals surface area (Å²) in [7, 11) is 5.51. The molecule has 2 fully saturated rings. The normalized spacial score (nSPS) is 29.8. The van der Waals surface area contributed by atoms with Gasteiger partial charge in [0.1, 0.15) is 5.78 Å². The van der Waals surface area contributed by atoms with Gasteiger partial charge in [-0.2, -0.15) is 0 Å². The van der Waals surface area contributed by atoms with Gasteiger partial charge < -0.3 is 14.4 Å². The Morgan fingerprint density at radius 1 is 1.24 bits per heavy atom. The van der Waals surface area contributed by atoms with E-state index in [1.165, 1.54) is 5.56 Å². The summed E-state index contributed by atoms with van der Waals surface area (Å²) in [6.45, 7) is 5.47. The number of rotatable bonds is 5. The summed E-state index contributed by atoms with van der Waals surface area (Å²) in [4.78, 5) is 15.1. The van der Waals surface area contributed by atoms with Gasteiger partial charge in [-0.05, 0) is 56.5 Å². The zero-order valence-corrected chi connectivity index (χ0v) is 16.2. The standard InChI is InChI=1S/C21H31NO3/c1-14(2)10-15-13-21(8-9-22(3)20(21)12-17(15)23)16-6-7-18(24-4)19(11-16)25-5/h6-7,11,14-15,20H,8-10,12-13H2,1-5H3. The number of benzene rings is 1. The third kappa shape index (κ3) is 3.17. The lowest BCUT2D eigenvalue weighted by Crippen LogP contribution is -2.49. The molecule has 1 aromatic rings. The number of fused-ring (bicyclic) bond motifs is 1. The highest BCUT2D eigenvalue weighted by molar-refractivity contribution is 5.83. The van der Waals surface area contributed by atoms with Crippen LogP contribution in [0.2, 0.25) is 0 Å². The molecule has 1 saturated carbocycles. The van der Waals surface area contributed by atoms with Crippen LogP contribution in [0.1, 0.15) is 45.1 Å². The molecule has 2 aliphatic rings. The van der Waals surface area contributed by atoms with Crippen molar-refractivity contribution in [1.82, 2.24) is 4.90 Å². The molecular weight excluding hydrogens is 314 g/mol. The van der Waals surface area contributed by atoms with Gasteiger partial charge in [-0.15, -0.1) is 0 Å². The molecule has 1 saturated heterocycles. The SMILES string of the molecule is COc1ccc(C23CCN(C)C2CC(=O)C(CC(C)C)C3)cc1OC. The summed E-state index contributed by atoms with van der Waals surface area (Å²) >= 11 is 0. The molecule has 0 N–H and O–H groups in total. The Hall–Kier alpha value is -1.55. The molecule has 0 spiro atoms. The highest BCUT2D eigenvalue weighted by Gasteiger charge is 2.53. The molecule has 0 amide bonds. The van der Waals surface area contributed by atoms with Gasteiger partial charge in [-0.3, -0.25) is 4.79 Å². The van der Waals surface area contributed by atoms with Gasteiger partial charge in [-0.25, -0.2) is 0 Å². The van der Waals surface area contributed by atoms with Gasteiger partial charge in [0.2, 0.25) is 0 Å². The zero-order chi connectivity index (χ0) is 18.2. The number of Topliss-reactive ketones (excluding diaryl/α,β-unsaturated/α-hetero) is 1. The van der Waals surface area contributed by atoms with Crippen molar-refractivity contribution in [1.29, 1.82) is 0 Å². The lowest BCUT2D eigenvalue weighted by Gasteiger charge is -2.44. The lowest BCUT2D eigenvalue weighted by molar-refractivity contribution is -0.128. The summed E-state index contributed by atoms with van der Waals surface area (Å²) in [5.74, 6) is 2.71. The van der Waals surface area contributed by atoms with Crippen LogP contribution >= 0.6 is 0 Å². The highest BCUT2D eigenvalue weighted by atomic mass is 16.5. The molecule has 3 atom stereocenters. The smallest absolute Gasteiger partial charge is 0.161 e. The molecular formula is C21H31NO3. The number of carbonyl (C=O) groups excluding carboxylic acids is 1. The third-order valence-electron chi connectivity index (χ3n) is 6.26. The predicted octanol–water partition coefficient (Wildman–Crippen LogP) is 3.67. The molecule has 1 aromatic carbocycles. The number of carbonyl (C=O) groups is 1. The van der Waals surface area contributed by atoms with Gasteiger partial charge >= 0.3 is 0 Å². The number of hydrogen-bond donors (Lipinski definition) is 0. The first-order chi connectivity index (χ1) is 11.9. The fourth-order valence-corrected chi connectivity index (χ4v) is 5.00. The second kappa shape index (κ2) is 6.99. The Morgan fingerprint density at radius 3 is 2.60 bits per heavy atom. The average Bonchev–Trinajstić information content (AvgIpc) is 2.91. The van der Waals surface area contributed by atoms with E-state index < -0.39 is 0 Å². The Morgan fingerprint density at radius 2 is 1.96 bits per heavy atom. The number of ether oxygens (including phenoxy) is 2. The predicted molar refractivity (Wildman–Crippen MR) is 99.4 cm³/mol. The van der Waals surface area contributed by atoms with Crippen LogP contribution in [0.25, 0.3) is 0 Å². The van der Waals surface area contributed by atoms with Gasteiger partial charge in [0.05, 0.1) is 14.2 Å². The summed E-state index contributed by atoms with van der Waals surface area (Å²) in [6.07, 6.45) is 3.71. The molecule has 1 aliphatic heterocycles. The molecule has 1 aliphatic carbocycles. The van der Waals surface area contributed by atoms with Crippen molar-refractivity contribution in [2.75, 3.05) is 27.8 Å². The number of likely N-dealkylation sites (N-methyl/N-ethyl adjacent to an activating group) is 1. The molecule has 4 nitrogen and oxygen atoms in total. The summed E-state index contributed by atoms with van der Waals surface area (Å²) in [6, 6.07) is 6.61. The van der Waals surface area contributed by atoms with Crippen molar-refractivity contribution in [3.63, 3.8) is 0 Å². The first-order valence-corrected chi connectivity index (χ1v) is 9.36. The molecule has 3 rings (SSSR count). The van der Waals surface area contributed by atoms with Gasteiger partial charge in [-0.1, -0.05) is 19.9 Å². The van der Waals surface area contributed by atoms with Gasteiger partial charge in [0, 0.05) is 23.8 Å². The van der Waals surface area contributed by atoms with E-state index in [4.69, 9.17) is 9.47 Å². The van der Waals surface area contributed by atoms with Crippen LogP contribution in [0, 0.1) is 11.8 Å². The number of methoxy groups -OCH3 is 2. The fraction of sp³-hybridized carbons (Fsp3) is 0.667. The Bertz CT molecular complexity index is 642. The number of likely N-dealkylation sites (tertiary alicyclic amines) is 1. The first-order valence-electron chi connectivity index (χ1n) is 9.36. The second-order valence-corrected chi connectivity index (χ2v) is 8.17. The van der Waals surface area contributed by atoms with Crippen molar-refractivity contribution < 1.29 is 14.3 Å². The van der Waals surface area contributed by atoms with Crippen molar-refractivity contribution in [2.45, 2.75) is 51.0 Å². The van der Waals surface area contributed by atoms with Crippen LogP contribution in [0.3, 0.4) is 0 Å². The summed E-state index contributed by atoms with van der Waals surface area (Å²) < 4.78 is 11.0. The molecule has 3 unspecified atom stereocenters. The van der Waals surface area contributed by atoms with Crippen LogP contribution in [0.4, 0.5) is 0 Å². The minimum atomic E-state index is 0.0434. The quantitative estimate of drug-likeness (QED) is 0.816. The number of nitrogens with zero attached hydrogens (tertiary/aromatic N) is 1. The van der Waals surface area contributed by atoms with E-state index in [1.54, 1.807) is 14.2 Å². The molecule has 0 aromatic heterocycles. The minimum absolute atomic E-state index is 0.0434. The lowest BCUT2D eigenvalue weighted by atomic mass is 9.61. The van der Waals surface area contributed by atoms with Crippen LogP contribution in [0.5, 0.6) is 11.5 Å². The monoisotopic (exact) mass is 345 g/mol. The first kappa shape index (κ1) is 18.2. The third-order valence-corrected chi connectivity index (χ3v) is 6.26. The van der Waals surface area contributed by atoms with E-state index in [9.17, 15) is 4.79 Å². The molecule has 0 radical (unpaired) electrons. The molecule has 4 heteroatoms. The molecule has 1 heterocycles. The number of ketones is 1. The van der Waals surface area contributed by atoms with E-state index in [0.717, 1.165) is 37.3 Å². The highest BCUT2D eigenvalue weighted by Crippen LogP contribution is 2.51. The maximum absolute atomic E-state index is 12.7. The largest absolute Gasteiger partial charge is 0.493 e. The van der Waals surface area contributed by atoms with Gasteiger partial charge in [0.25, 0.3) is 0 Å². The van der Waals surface area contributed by atoms with Crippen molar-refractivity contribution in [3.05, 3.63) is 23.8 Å². The van der Waals surface area contributed by atoms with Crippen molar-refractivity contribution in [2.24, 2.45) is 11.8 Å². The second-order valence-electron chi connectivity index (χ2n) is 8.17. The molecule has 138 valence electrons. The Balaban J connectivity index is 2.01. The topological polar surface area (TPSA) is 38.8 Å². The average molecular weight is 345 g/mol. The van der Waals surface area contributed by atoms with E-state index >= 15 is 0 Å². The van der Waals surface area contributed by atoms with Crippen LogP contribution in [-0.4, -0.2) is 44.5 Å². The van der Waals surface area contributed by atoms with Gasteiger partial charge in [0.15, 0.2) is 11.5 Å². The van der Waals surface area contributed by atoms with Crippen molar-refractivity contribution >= 4 is 5.78 Å². The Kier molecular flexibility index (Phi) is 5.10. The van der Waals surface area contributed by atoms with E-state index in [1.807, 2.05) is 6.07 Å². The molecule has 0 bridgehead atoms. The van der Waals surface area contributed by atoms with Crippen LogP contribution < -0.4 is 9.47 Å².